The summed E-state index contributed by atoms with van der Waals surface area (Å²) in [5, 5.41) is 17.1. The fourth-order valence-electron chi connectivity index (χ4n) is 6.95. The largest absolute Gasteiger partial charge is 0.462 e. The first-order valence-electron chi connectivity index (χ1n) is 17.7. The van der Waals surface area contributed by atoms with Gasteiger partial charge in [-0.3, -0.25) is 4.79 Å². The summed E-state index contributed by atoms with van der Waals surface area (Å²) in [6.07, 6.45) is 16.4. The molecule has 1 fully saturated rings. The number of hydrogen-bond donors (Lipinski definition) is 2. The highest BCUT2D eigenvalue weighted by atomic mass is 16.5. The van der Waals surface area contributed by atoms with Gasteiger partial charge in [-0.25, -0.2) is 4.79 Å². The first-order chi connectivity index (χ1) is 22.8. The molecule has 0 saturated heterocycles. The molecule has 0 spiro atoms. The molecule has 0 radical (unpaired) electrons. The van der Waals surface area contributed by atoms with Crippen LogP contribution in [0.2, 0.25) is 0 Å². The van der Waals surface area contributed by atoms with Crippen molar-refractivity contribution in [3.63, 3.8) is 0 Å². The van der Waals surface area contributed by atoms with Crippen molar-refractivity contribution >= 4 is 12.3 Å². The van der Waals surface area contributed by atoms with Crippen LogP contribution in [0, 0.1) is 11.8 Å². The number of rotatable bonds is 17. The molecule has 2 aromatic carbocycles. The smallest absolute Gasteiger partial charge is 0.335 e. The summed E-state index contributed by atoms with van der Waals surface area (Å²) < 4.78 is 10.7. The zero-order chi connectivity index (χ0) is 34.0. The number of unbranched alkanes of at least 4 members (excludes halogenated alkanes) is 2. The Morgan fingerprint density at radius 2 is 1.64 bits per heavy atom. The number of carbonyl (C=O) groups is 2. The highest BCUT2D eigenvalue weighted by Crippen LogP contribution is 2.40. The van der Waals surface area contributed by atoms with E-state index in [4.69, 9.17) is 19.7 Å². The van der Waals surface area contributed by atoms with Crippen molar-refractivity contribution in [2.75, 3.05) is 33.5 Å². The summed E-state index contributed by atoms with van der Waals surface area (Å²) in [5.74, 6) is 1.72. The van der Waals surface area contributed by atoms with E-state index < -0.39 is 5.97 Å². The van der Waals surface area contributed by atoms with E-state index in [1.165, 1.54) is 81.8 Å². The van der Waals surface area contributed by atoms with Crippen molar-refractivity contribution in [3.05, 3.63) is 94.6 Å². The second-order valence-electron chi connectivity index (χ2n) is 13.6. The van der Waals surface area contributed by atoms with Crippen LogP contribution in [-0.2, 0) is 38.3 Å². The Hall–Kier alpha value is -3.06. The Bertz CT molecular complexity index is 1260. The lowest BCUT2D eigenvalue weighted by molar-refractivity contribution is -0.141. The van der Waals surface area contributed by atoms with Crippen LogP contribution in [0.15, 0.2) is 66.8 Å². The molecule has 4 rings (SSSR count). The maximum Gasteiger partial charge on any atom is 0.335 e. The number of hydrogen-bond acceptors (Lipinski definition) is 6. The summed E-state index contributed by atoms with van der Waals surface area (Å²) in [6.45, 7) is 9.29. The van der Waals surface area contributed by atoms with E-state index in [2.05, 4.69) is 62.5 Å². The minimum Gasteiger partial charge on any atom is -0.462 e. The summed E-state index contributed by atoms with van der Waals surface area (Å²) >= 11 is 0. The van der Waals surface area contributed by atoms with Gasteiger partial charge in [0.05, 0.1) is 32.0 Å². The monoisotopic (exact) mass is 646 g/mol. The van der Waals surface area contributed by atoms with E-state index in [0.717, 1.165) is 18.8 Å². The molecule has 6 heteroatoms. The highest BCUT2D eigenvalue weighted by molar-refractivity contribution is 5.87. The van der Waals surface area contributed by atoms with Crippen molar-refractivity contribution in [3.8, 4) is 0 Å². The van der Waals surface area contributed by atoms with E-state index in [0.29, 0.717) is 31.3 Å². The quantitative estimate of drug-likeness (QED) is 0.0788. The Morgan fingerprint density at radius 1 is 0.915 bits per heavy atom. The fraction of sp³-hybridized carbons (Fsp3) is 0.561. The molecule has 0 aromatic heterocycles. The lowest BCUT2D eigenvalue weighted by Crippen LogP contribution is -2.22. The van der Waals surface area contributed by atoms with Crippen LogP contribution in [-0.4, -0.2) is 56.0 Å². The van der Waals surface area contributed by atoms with Crippen molar-refractivity contribution in [2.45, 2.75) is 102 Å². The standard InChI is InChI=1S/C37H52O4.C4H6O2/c1-4-5-6-7-28-10-14-31(15-11-28)33-18-20-36-23-34(19-21-35(36)22-33)32-16-12-29(13-17-32)8-9-30(25-40-3)26-41-37(39)27(2)24-38;1-4(2-5)3-6/h10-11,14-15,19,21,23,29-30,32-33,38H,2,4-9,12-13,16-18,20,22,24-26H2,1,3H3;2,6H,1,3H2. The average Bonchev–Trinajstić information content (AvgIpc) is 3.12. The third kappa shape index (κ3) is 12.8. The Labute approximate surface area is 283 Å². The predicted octanol–water partition coefficient (Wildman–Crippen LogP) is 7.83. The van der Waals surface area contributed by atoms with Crippen molar-refractivity contribution in [1.29, 1.82) is 0 Å². The van der Waals surface area contributed by atoms with Crippen molar-refractivity contribution in [1.82, 2.24) is 0 Å². The molecule has 2 unspecified atom stereocenters. The zero-order valence-electron chi connectivity index (χ0n) is 28.9. The van der Waals surface area contributed by atoms with Gasteiger partial charge in [-0.05, 0) is 116 Å². The van der Waals surface area contributed by atoms with Crippen LogP contribution in [0.4, 0.5) is 0 Å². The third-order valence-corrected chi connectivity index (χ3v) is 9.98. The average molecular weight is 647 g/mol. The van der Waals surface area contributed by atoms with Gasteiger partial charge in [-0.15, -0.1) is 0 Å². The van der Waals surface area contributed by atoms with Gasteiger partial charge >= 0.3 is 5.97 Å². The molecular formula is C41H58O6. The molecule has 2 aromatic rings. The molecular weight excluding hydrogens is 588 g/mol. The van der Waals surface area contributed by atoms with E-state index in [1.807, 2.05) is 0 Å². The van der Waals surface area contributed by atoms with Crippen molar-refractivity contribution < 1.29 is 29.3 Å². The predicted molar refractivity (Wildman–Crippen MR) is 190 cm³/mol. The zero-order valence-corrected chi connectivity index (χ0v) is 28.9. The second kappa shape index (κ2) is 21.0. The summed E-state index contributed by atoms with van der Waals surface area (Å²) in [4.78, 5) is 21.3. The number of aryl methyl sites for hydroxylation is 2. The SMILES string of the molecule is C=C(C=O)CO.C=C(CO)C(=O)OCC(CCC1CCC(c2ccc3c(c2)CCC(c2ccc(CCCCC)cc2)C3)CC1)COC. The molecule has 6 nitrogen and oxygen atoms in total. The second-order valence-corrected chi connectivity index (χ2v) is 13.6. The molecule has 258 valence electrons. The Kier molecular flexibility index (Phi) is 17.2. The first-order valence-corrected chi connectivity index (χ1v) is 17.7. The normalized spacial score (nSPS) is 19.4. The van der Waals surface area contributed by atoms with Gasteiger partial charge in [-0.2, -0.15) is 0 Å². The summed E-state index contributed by atoms with van der Waals surface area (Å²) in [6, 6.07) is 16.9. The van der Waals surface area contributed by atoms with Crippen molar-refractivity contribution in [2.24, 2.45) is 11.8 Å². The maximum absolute atomic E-state index is 11.9. The first kappa shape index (κ1) is 38.4. The van der Waals surface area contributed by atoms with Gasteiger partial charge in [0.1, 0.15) is 6.29 Å². The van der Waals surface area contributed by atoms with Crippen LogP contribution in [0.3, 0.4) is 0 Å². The summed E-state index contributed by atoms with van der Waals surface area (Å²) in [7, 11) is 1.69. The number of aldehydes is 1. The molecule has 0 aliphatic heterocycles. The highest BCUT2D eigenvalue weighted by Gasteiger charge is 2.26. The Morgan fingerprint density at radius 3 is 2.26 bits per heavy atom. The number of fused-ring (bicyclic) bond motifs is 1. The molecule has 2 N–H and O–H groups in total. The van der Waals surface area contributed by atoms with Gasteiger partial charge < -0.3 is 19.7 Å². The molecule has 1 saturated carbocycles. The molecule has 0 heterocycles. The lowest BCUT2D eigenvalue weighted by atomic mass is 9.74. The minimum atomic E-state index is -0.512. The number of benzene rings is 2. The molecule has 47 heavy (non-hydrogen) atoms. The van der Waals surface area contributed by atoms with Gasteiger partial charge in [0.15, 0.2) is 0 Å². The van der Waals surface area contributed by atoms with Crippen LogP contribution in [0.5, 0.6) is 0 Å². The van der Waals surface area contributed by atoms with Gasteiger partial charge in [0.2, 0.25) is 0 Å². The van der Waals surface area contributed by atoms with Crippen LogP contribution in [0.25, 0.3) is 0 Å². The topological polar surface area (TPSA) is 93.1 Å². The third-order valence-electron chi connectivity index (χ3n) is 9.98. The fourth-order valence-corrected chi connectivity index (χ4v) is 6.95. The number of carbonyl (C=O) groups excluding carboxylic acids is 2. The molecule has 0 amide bonds. The minimum absolute atomic E-state index is 0.101. The van der Waals surface area contributed by atoms with E-state index in [1.54, 1.807) is 23.8 Å². The van der Waals surface area contributed by atoms with Gasteiger partial charge in [-0.1, -0.05) is 75.4 Å². The van der Waals surface area contributed by atoms with E-state index in [9.17, 15) is 9.59 Å². The molecule has 2 aliphatic carbocycles. The number of aliphatic hydroxyl groups excluding tert-OH is 2. The number of methoxy groups -OCH3 is 1. The van der Waals surface area contributed by atoms with E-state index >= 15 is 0 Å². The van der Waals surface area contributed by atoms with Gasteiger partial charge in [0.25, 0.3) is 0 Å². The summed E-state index contributed by atoms with van der Waals surface area (Å²) in [5.41, 5.74) is 8.00. The van der Waals surface area contributed by atoms with Crippen LogP contribution in [0.1, 0.15) is 111 Å². The molecule has 2 aliphatic rings. The molecule has 2 atom stereocenters. The Balaban J connectivity index is 0.000000913. The van der Waals surface area contributed by atoms with Gasteiger partial charge in [0, 0.05) is 18.6 Å². The van der Waals surface area contributed by atoms with E-state index in [-0.39, 0.29) is 30.3 Å². The lowest BCUT2D eigenvalue weighted by Gasteiger charge is -2.31. The van der Waals surface area contributed by atoms with Crippen LogP contribution >= 0.6 is 0 Å². The number of aliphatic hydroxyl groups is 2. The van der Waals surface area contributed by atoms with Crippen LogP contribution < -0.4 is 0 Å². The number of ether oxygens (including phenoxy) is 2. The molecule has 0 bridgehead atoms. The maximum atomic E-state index is 11.9. The number of esters is 1.